The molecule has 0 fully saturated rings. The molecular weight excluding hydrogens is 448 g/mol. The van der Waals surface area contributed by atoms with E-state index in [-0.39, 0.29) is 32.9 Å². The van der Waals surface area contributed by atoms with Crippen molar-refractivity contribution in [2.24, 2.45) is 0 Å². The number of phenols is 2. The van der Waals surface area contributed by atoms with E-state index in [1.165, 1.54) is 42.5 Å². The molecule has 3 aromatic rings. The van der Waals surface area contributed by atoms with Gasteiger partial charge < -0.3 is 25.0 Å². The van der Waals surface area contributed by atoms with Gasteiger partial charge in [-0.1, -0.05) is 42.5 Å². The quantitative estimate of drug-likeness (QED) is 0.172. The number of ketones is 1. The second-order valence-electron chi connectivity index (χ2n) is 7.06. The first-order chi connectivity index (χ1) is 15.7. The fraction of sp³-hybridized carbons (Fsp3) is 0.0435. The van der Waals surface area contributed by atoms with Crippen molar-refractivity contribution in [2.75, 3.05) is 0 Å². The highest BCUT2D eigenvalue weighted by atomic mass is 32.2. The summed E-state index contributed by atoms with van der Waals surface area (Å²) in [6, 6.07) is 14.1. The molecule has 3 N–H and O–H groups in total. The molecule has 0 spiro atoms. The van der Waals surface area contributed by atoms with Crippen LogP contribution in [0.4, 0.5) is 0 Å². The van der Waals surface area contributed by atoms with Gasteiger partial charge in [-0.2, -0.15) is 13.2 Å². The molecule has 166 valence electrons. The van der Waals surface area contributed by atoms with Gasteiger partial charge in [-0.25, -0.2) is 0 Å². The molecule has 9 nitrogen and oxygen atoms in total. The molecule has 4 rings (SSSR count). The molecule has 0 radical (unpaired) electrons. The number of phenolic OH excluding ortho intramolecular Hbond substituents is 2. The Morgan fingerprint density at radius 3 is 2.39 bits per heavy atom. The molecule has 10 heteroatoms. The van der Waals surface area contributed by atoms with Crippen LogP contribution >= 0.6 is 0 Å². The van der Waals surface area contributed by atoms with Crippen molar-refractivity contribution in [3.63, 3.8) is 0 Å². The Morgan fingerprint density at radius 1 is 0.970 bits per heavy atom. The lowest BCUT2D eigenvalue weighted by Crippen LogP contribution is -2.19. The third kappa shape index (κ3) is 3.90. The van der Waals surface area contributed by atoms with Crippen LogP contribution in [-0.2, 0) is 10.1 Å². The van der Waals surface area contributed by atoms with Crippen LogP contribution in [0.2, 0.25) is 0 Å². The Labute approximate surface area is 188 Å². The van der Waals surface area contributed by atoms with E-state index >= 15 is 0 Å². The standard InChI is InChI=1S/C23H16N2O7S/c24-25-17-11-9-14-15(21(17)28)7-4-8-19(14)33(30,31)32-23-16(10-12-18(26)22(23)29)20(27)13-5-2-1-3-6-13/h1-12,21,26,28-29H. The fourth-order valence-electron chi connectivity index (χ4n) is 3.43. The summed E-state index contributed by atoms with van der Waals surface area (Å²) >= 11 is 0. The van der Waals surface area contributed by atoms with Crippen LogP contribution in [0.15, 0.2) is 71.6 Å². The highest BCUT2D eigenvalue weighted by Gasteiger charge is 2.33. The van der Waals surface area contributed by atoms with Crippen LogP contribution in [0.25, 0.3) is 11.6 Å². The van der Waals surface area contributed by atoms with Gasteiger partial charge in [0.1, 0.15) is 4.90 Å². The van der Waals surface area contributed by atoms with E-state index in [1.807, 2.05) is 0 Å². The lowest BCUT2D eigenvalue weighted by molar-refractivity contribution is -0.0188. The van der Waals surface area contributed by atoms with Crippen LogP contribution in [0.5, 0.6) is 17.2 Å². The normalized spacial score (nSPS) is 14.9. The van der Waals surface area contributed by atoms with Crippen molar-refractivity contribution in [2.45, 2.75) is 11.0 Å². The number of carbonyl (C=O) groups excluding carboxylic acids is 1. The number of fused-ring (bicyclic) bond motifs is 1. The Hall–Kier alpha value is -4.24. The number of aromatic hydroxyl groups is 2. The summed E-state index contributed by atoms with van der Waals surface area (Å²) in [7, 11) is -4.67. The Morgan fingerprint density at radius 2 is 1.70 bits per heavy atom. The molecule has 0 amide bonds. The van der Waals surface area contributed by atoms with Gasteiger partial charge in [-0.05, 0) is 24.3 Å². The zero-order valence-corrected chi connectivity index (χ0v) is 17.6. The van der Waals surface area contributed by atoms with E-state index in [0.29, 0.717) is 0 Å². The van der Waals surface area contributed by atoms with E-state index in [4.69, 9.17) is 9.71 Å². The molecule has 3 aromatic carbocycles. The molecule has 0 aromatic heterocycles. The van der Waals surface area contributed by atoms with Gasteiger partial charge in [-0.3, -0.25) is 4.79 Å². The minimum absolute atomic E-state index is 0.0768. The molecule has 33 heavy (non-hydrogen) atoms. The van der Waals surface area contributed by atoms with Crippen LogP contribution in [0.1, 0.15) is 33.2 Å². The maximum atomic E-state index is 13.2. The minimum Gasteiger partial charge on any atom is -0.504 e. The van der Waals surface area contributed by atoms with Gasteiger partial charge >= 0.3 is 15.8 Å². The predicted octanol–water partition coefficient (Wildman–Crippen LogP) is 2.83. The Kier molecular flexibility index (Phi) is 5.57. The summed E-state index contributed by atoms with van der Waals surface area (Å²) in [4.78, 5) is 15.6. The zero-order chi connectivity index (χ0) is 23.8. The third-order valence-corrected chi connectivity index (χ3v) is 6.34. The summed E-state index contributed by atoms with van der Waals surface area (Å²) in [5.74, 6) is -2.97. The van der Waals surface area contributed by atoms with E-state index < -0.39 is 39.3 Å². The number of aliphatic hydroxyl groups is 1. The summed E-state index contributed by atoms with van der Waals surface area (Å²) in [6.07, 6.45) is 1.18. The monoisotopic (exact) mass is 464 g/mol. The van der Waals surface area contributed by atoms with E-state index in [1.54, 1.807) is 18.2 Å². The highest BCUT2D eigenvalue weighted by Crippen LogP contribution is 2.41. The van der Waals surface area contributed by atoms with E-state index in [0.717, 1.165) is 12.1 Å². The van der Waals surface area contributed by atoms with Crippen molar-refractivity contribution in [3.8, 4) is 17.2 Å². The van der Waals surface area contributed by atoms with Crippen LogP contribution in [0.3, 0.4) is 0 Å². The summed E-state index contributed by atoms with van der Waals surface area (Å²) in [5, 5.41) is 30.6. The number of carbonyl (C=O) groups is 1. The molecule has 1 atom stereocenters. The zero-order valence-electron chi connectivity index (χ0n) is 16.8. The molecule has 1 unspecified atom stereocenters. The van der Waals surface area contributed by atoms with E-state index in [2.05, 4.69) is 4.79 Å². The SMILES string of the molecule is [N-]=[N+]=C1C=Cc2c(cccc2S(=O)(=O)Oc2c(C(=O)c3ccccc3)ccc(O)c2O)C1O. The highest BCUT2D eigenvalue weighted by molar-refractivity contribution is 7.87. The van der Waals surface area contributed by atoms with Crippen molar-refractivity contribution >= 4 is 27.7 Å². The second kappa shape index (κ2) is 8.36. The maximum absolute atomic E-state index is 13.2. The first-order valence-corrected chi connectivity index (χ1v) is 11.0. The van der Waals surface area contributed by atoms with Gasteiger partial charge in [0, 0.05) is 22.8 Å². The number of hydrogen-bond acceptors (Lipinski definition) is 7. The fourth-order valence-corrected chi connectivity index (χ4v) is 4.60. The van der Waals surface area contributed by atoms with Crippen LogP contribution in [-0.4, -0.2) is 40.0 Å². The van der Waals surface area contributed by atoms with Crippen LogP contribution in [0, 0.1) is 0 Å². The number of nitrogens with zero attached hydrogens (tertiary/aromatic N) is 2. The molecule has 0 saturated heterocycles. The molecule has 0 aliphatic heterocycles. The number of benzene rings is 3. The molecule has 0 saturated carbocycles. The van der Waals surface area contributed by atoms with Gasteiger partial charge in [0.15, 0.2) is 23.4 Å². The first-order valence-electron chi connectivity index (χ1n) is 9.54. The van der Waals surface area contributed by atoms with Crippen molar-refractivity contribution in [1.82, 2.24) is 0 Å². The molecule has 1 aliphatic carbocycles. The number of rotatable bonds is 5. The van der Waals surface area contributed by atoms with Gasteiger partial charge in [0.05, 0.1) is 5.56 Å². The van der Waals surface area contributed by atoms with Gasteiger partial charge in [0.2, 0.25) is 5.75 Å². The summed E-state index contributed by atoms with van der Waals surface area (Å²) in [6.45, 7) is 0. The van der Waals surface area contributed by atoms with Crippen molar-refractivity contribution < 1.29 is 37.5 Å². The van der Waals surface area contributed by atoms with E-state index in [9.17, 15) is 28.5 Å². The average Bonchev–Trinajstić information content (AvgIpc) is 2.82. The van der Waals surface area contributed by atoms with Gasteiger partial charge in [0.25, 0.3) is 0 Å². The third-order valence-electron chi connectivity index (χ3n) is 5.06. The lowest BCUT2D eigenvalue weighted by Gasteiger charge is -2.18. The predicted molar refractivity (Wildman–Crippen MR) is 117 cm³/mol. The largest absolute Gasteiger partial charge is 0.504 e. The van der Waals surface area contributed by atoms with Gasteiger partial charge in [-0.15, -0.1) is 0 Å². The molecule has 0 heterocycles. The van der Waals surface area contributed by atoms with Crippen molar-refractivity contribution in [3.05, 3.63) is 94.5 Å². The Balaban J connectivity index is 1.83. The molecule has 0 bridgehead atoms. The molecule has 1 aliphatic rings. The summed E-state index contributed by atoms with van der Waals surface area (Å²) < 4.78 is 31.5. The Bertz CT molecular complexity index is 1460. The molecular formula is C23H16N2O7S. The first kappa shape index (κ1) is 22.0. The minimum atomic E-state index is -4.67. The topological polar surface area (TPSA) is 158 Å². The second-order valence-corrected chi connectivity index (χ2v) is 8.58. The number of hydrogen-bond donors (Lipinski definition) is 3. The van der Waals surface area contributed by atoms with Crippen LogP contribution < -0.4 is 4.18 Å². The average molecular weight is 464 g/mol. The number of aliphatic hydroxyl groups excluding tert-OH is 1. The summed E-state index contributed by atoms with van der Waals surface area (Å²) in [5.41, 5.74) is 9.07. The maximum Gasteiger partial charge on any atom is 0.339 e. The van der Waals surface area contributed by atoms with Crippen molar-refractivity contribution in [1.29, 1.82) is 0 Å². The smallest absolute Gasteiger partial charge is 0.339 e. The lowest BCUT2D eigenvalue weighted by atomic mass is 9.93.